The number of allylic oxidation sites excluding steroid dienone is 1. The molecule has 2 aromatic carbocycles. The molecule has 3 heterocycles. The molecule has 0 spiro atoms. The number of nitrogens with one attached hydrogen (secondary N) is 2. The van der Waals surface area contributed by atoms with E-state index in [9.17, 15) is 9.59 Å². The van der Waals surface area contributed by atoms with Crippen LogP contribution in [0.1, 0.15) is 36.6 Å². The highest BCUT2D eigenvalue weighted by molar-refractivity contribution is 9.10. The minimum atomic E-state index is -0.613. The first kappa shape index (κ1) is 28.6. The van der Waals surface area contributed by atoms with Gasteiger partial charge >= 0.3 is 0 Å². The third kappa shape index (κ3) is 5.94. The molecule has 41 heavy (non-hydrogen) atoms. The van der Waals surface area contributed by atoms with Crippen LogP contribution in [-0.4, -0.2) is 71.0 Å². The van der Waals surface area contributed by atoms with Crippen LogP contribution in [-0.2, 0) is 14.3 Å². The lowest BCUT2D eigenvalue weighted by atomic mass is 9.94. The Morgan fingerprint density at radius 3 is 2.71 bits per heavy atom. The van der Waals surface area contributed by atoms with Gasteiger partial charge in [0.05, 0.1) is 29.9 Å². The van der Waals surface area contributed by atoms with Crippen LogP contribution in [0, 0.1) is 13.8 Å². The SMILES string of the molecule is CCOc1cc(C2C(C(=O)Nc3cccc(C)c3C)=C(C)Nc3ncnn32)cc(Br)c1OCC(=O)N1CCOCC1. The Hall–Kier alpha value is -3.90. The summed E-state index contributed by atoms with van der Waals surface area (Å²) in [5, 5.41) is 10.7. The summed E-state index contributed by atoms with van der Waals surface area (Å²) in [7, 11) is 0. The van der Waals surface area contributed by atoms with E-state index in [1.807, 2.05) is 58.0 Å². The zero-order valence-corrected chi connectivity index (χ0v) is 25.1. The summed E-state index contributed by atoms with van der Waals surface area (Å²) in [5.74, 6) is 0.980. The van der Waals surface area contributed by atoms with E-state index in [1.165, 1.54) is 6.33 Å². The quantitative estimate of drug-likeness (QED) is 0.382. The maximum atomic E-state index is 13.9. The van der Waals surface area contributed by atoms with E-state index in [0.717, 1.165) is 22.4 Å². The molecule has 1 atom stereocenters. The number of fused-ring (bicyclic) bond motifs is 1. The molecule has 3 aromatic rings. The molecule has 1 saturated heterocycles. The molecular formula is C29H33BrN6O5. The Kier molecular flexibility index (Phi) is 8.60. The van der Waals surface area contributed by atoms with Crippen LogP contribution in [0.4, 0.5) is 11.6 Å². The average molecular weight is 626 g/mol. The molecular weight excluding hydrogens is 592 g/mol. The number of halogens is 1. The second-order valence-corrected chi connectivity index (χ2v) is 10.7. The number of ether oxygens (including phenoxy) is 3. The first-order chi connectivity index (χ1) is 19.8. The Labute approximate surface area is 247 Å². The van der Waals surface area contributed by atoms with Crippen LogP contribution in [0.5, 0.6) is 11.5 Å². The van der Waals surface area contributed by atoms with E-state index in [0.29, 0.717) is 66.1 Å². The predicted octanol–water partition coefficient (Wildman–Crippen LogP) is 4.22. The van der Waals surface area contributed by atoms with Gasteiger partial charge in [-0.2, -0.15) is 10.1 Å². The monoisotopic (exact) mass is 624 g/mol. The van der Waals surface area contributed by atoms with Crippen molar-refractivity contribution in [1.82, 2.24) is 19.7 Å². The number of hydrogen-bond donors (Lipinski definition) is 2. The zero-order chi connectivity index (χ0) is 29.1. The van der Waals surface area contributed by atoms with Crippen molar-refractivity contribution in [3.8, 4) is 11.5 Å². The van der Waals surface area contributed by atoms with Crippen LogP contribution < -0.4 is 20.1 Å². The molecule has 2 amide bonds. The van der Waals surface area contributed by atoms with Crippen molar-refractivity contribution in [3.05, 3.63) is 69.1 Å². The number of aromatic nitrogens is 3. The van der Waals surface area contributed by atoms with Gasteiger partial charge in [0.25, 0.3) is 11.8 Å². The summed E-state index contributed by atoms with van der Waals surface area (Å²) in [4.78, 5) is 32.7. The molecule has 12 heteroatoms. The van der Waals surface area contributed by atoms with Crippen molar-refractivity contribution < 1.29 is 23.8 Å². The van der Waals surface area contributed by atoms with E-state index in [-0.39, 0.29) is 18.4 Å². The standard InChI is InChI=1S/C29H33BrN6O5/c1-5-40-23-14-20(13-21(30)27(23)41-15-24(37)35-9-11-39-12-10-35)26-25(19(4)33-29-31-16-32-36(26)29)28(38)34-22-8-6-7-17(2)18(22)3/h6-8,13-14,16,26H,5,9-12,15H2,1-4H3,(H,34,38)(H,31,32,33). The summed E-state index contributed by atoms with van der Waals surface area (Å²) in [5.41, 5.74) is 4.68. The number of hydrogen-bond acceptors (Lipinski definition) is 8. The Bertz CT molecular complexity index is 1500. The van der Waals surface area contributed by atoms with Crippen LogP contribution >= 0.6 is 15.9 Å². The van der Waals surface area contributed by atoms with Gasteiger partial charge in [-0.15, -0.1) is 0 Å². The minimum absolute atomic E-state index is 0.124. The molecule has 2 aliphatic heterocycles. The number of morpholine rings is 1. The highest BCUT2D eigenvalue weighted by Crippen LogP contribution is 2.43. The van der Waals surface area contributed by atoms with Gasteiger partial charge in [0.2, 0.25) is 5.95 Å². The molecule has 216 valence electrons. The molecule has 2 aliphatic rings. The molecule has 0 aliphatic carbocycles. The van der Waals surface area contributed by atoms with Gasteiger partial charge in [0.15, 0.2) is 18.1 Å². The third-order valence-corrected chi connectivity index (χ3v) is 7.83. The fourth-order valence-corrected chi connectivity index (χ4v) is 5.53. The Balaban J connectivity index is 1.49. The molecule has 11 nitrogen and oxygen atoms in total. The smallest absolute Gasteiger partial charge is 0.260 e. The van der Waals surface area contributed by atoms with Crippen molar-refractivity contribution in [2.24, 2.45) is 0 Å². The maximum absolute atomic E-state index is 13.9. The summed E-state index contributed by atoms with van der Waals surface area (Å²) in [6.45, 7) is 10.0. The molecule has 1 aromatic heterocycles. The number of nitrogens with zero attached hydrogens (tertiary/aromatic N) is 4. The van der Waals surface area contributed by atoms with Gasteiger partial charge in [-0.1, -0.05) is 12.1 Å². The zero-order valence-electron chi connectivity index (χ0n) is 23.5. The van der Waals surface area contributed by atoms with Gasteiger partial charge in [-0.25, -0.2) is 4.68 Å². The fraction of sp³-hybridized carbons (Fsp3) is 0.379. The number of rotatable bonds is 8. The lowest BCUT2D eigenvalue weighted by Gasteiger charge is -2.30. The average Bonchev–Trinajstić information content (AvgIpc) is 3.42. The van der Waals surface area contributed by atoms with Crippen molar-refractivity contribution in [2.75, 3.05) is 50.2 Å². The Morgan fingerprint density at radius 1 is 1.17 bits per heavy atom. The number of benzene rings is 2. The second-order valence-electron chi connectivity index (χ2n) is 9.84. The van der Waals surface area contributed by atoms with Gasteiger partial charge in [-0.3, -0.25) is 9.59 Å². The van der Waals surface area contributed by atoms with Crippen molar-refractivity contribution in [1.29, 1.82) is 0 Å². The number of carbonyl (C=O) groups excluding carboxylic acids is 2. The molecule has 0 saturated carbocycles. The molecule has 0 bridgehead atoms. The molecule has 0 radical (unpaired) electrons. The van der Waals surface area contributed by atoms with Crippen LogP contribution in [0.3, 0.4) is 0 Å². The lowest BCUT2D eigenvalue weighted by molar-refractivity contribution is -0.137. The first-order valence-corrected chi connectivity index (χ1v) is 14.3. The molecule has 1 fully saturated rings. The highest BCUT2D eigenvalue weighted by Gasteiger charge is 2.35. The maximum Gasteiger partial charge on any atom is 0.260 e. The summed E-state index contributed by atoms with van der Waals surface area (Å²) in [6, 6.07) is 8.88. The van der Waals surface area contributed by atoms with Gasteiger partial charge in [0, 0.05) is 24.5 Å². The first-order valence-electron chi connectivity index (χ1n) is 13.5. The third-order valence-electron chi connectivity index (χ3n) is 7.24. The van der Waals surface area contributed by atoms with E-state index in [2.05, 4.69) is 36.6 Å². The van der Waals surface area contributed by atoms with E-state index >= 15 is 0 Å². The minimum Gasteiger partial charge on any atom is -0.490 e. The molecule has 1 unspecified atom stereocenters. The lowest BCUT2D eigenvalue weighted by Crippen LogP contribution is -2.43. The predicted molar refractivity (Wildman–Crippen MR) is 157 cm³/mol. The fourth-order valence-electron chi connectivity index (χ4n) is 4.96. The Morgan fingerprint density at radius 2 is 1.95 bits per heavy atom. The van der Waals surface area contributed by atoms with Crippen LogP contribution in [0.2, 0.25) is 0 Å². The molecule has 2 N–H and O–H groups in total. The normalized spacial score (nSPS) is 16.6. The number of aryl methyl sites for hydroxylation is 1. The van der Waals surface area contributed by atoms with Crippen LogP contribution in [0.25, 0.3) is 0 Å². The van der Waals surface area contributed by atoms with E-state index in [1.54, 1.807) is 9.58 Å². The van der Waals surface area contributed by atoms with Gasteiger partial charge in [0.1, 0.15) is 12.4 Å². The van der Waals surface area contributed by atoms with Gasteiger partial charge < -0.3 is 29.7 Å². The van der Waals surface area contributed by atoms with Crippen molar-refractivity contribution in [3.63, 3.8) is 0 Å². The van der Waals surface area contributed by atoms with E-state index in [4.69, 9.17) is 14.2 Å². The topological polar surface area (TPSA) is 120 Å². The van der Waals surface area contributed by atoms with Crippen molar-refractivity contribution in [2.45, 2.75) is 33.7 Å². The number of carbonyl (C=O) groups is 2. The largest absolute Gasteiger partial charge is 0.490 e. The van der Waals surface area contributed by atoms with E-state index < -0.39 is 6.04 Å². The summed E-state index contributed by atoms with van der Waals surface area (Å²) < 4.78 is 19.5. The van der Waals surface area contributed by atoms with Gasteiger partial charge in [-0.05, 0) is 78.5 Å². The summed E-state index contributed by atoms with van der Waals surface area (Å²) >= 11 is 3.63. The number of anilines is 2. The highest BCUT2D eigenvalue weighted by atomic mass is 79.9. The summed E-state index contributed by atoms with van der Waals surface area (Å²) in [6.07, 6.45) is 1.45. The number of amides is 2. The van der Waals surface area contributed by atoms with Crippen molar-refractivity contribution >= 4 is 39.4 Å². The second kappa shape index (κ2) is 12.3. The van der Waals surface area contributed by atoms with Crippen LogP contribution in [0.15, 0.2) is 52.4 Å². The molecule has 5 rings (SSSR count).